The van der Waals surface area contributed by atoms with Crippen molar-refractivity contribution in [2.24, 2.45) is 5.29 Å². The van der Waals surface area contributed by atoms with Gasteiger partial charge in [-0.1, -0.05) is 36.4 Å². The number of anilines is 2. The highest BCUT2D eigenvalue weighted by Crippen LogP contribution is 2.20. The van der Waals surface area contributed by atoms with Gasteiger partial charge < -0.3 is 10.6 Å². The van der Waals surface area contributed by atoms with E-state index in [4.69, 9.17) is 0 Å². The Bertz CT molecular complexity index is 756. The first-order chi connectivity index (χ1) is 12.8. The number of nitrogens with zero attached hydrogens (tertiary/aromatic N) is 2. The van der Waals surface area contributed by atoms with Gasteiger partial charge >= 0.3 is 0 Å². The molecule has 0 aliphatic rings. The van der Waals surface area contributed by atoms with Crippen LogP contribution in [0.5, 0.6) is 0 Å². The van der Waals surface area contributed by atoms with Crippen molar-refractivity contribution in [1.82, 2.24) is 5.01 Å². The first kappa shape index (κ1) is 20.1. The SMILES string of the molecule is Cc1cccc(C)c1NC(=O)CN(CC(=O)Nc1c(C)cccc1C)N=O. The minimum absolute atomic E-state index is 0.308. The molecule has 0 unspecified atom stereocenters. The van der Waals surface area contributed by atoms with E-state index in [-0.39, 0.29) is 13.1 Å². The van der Waals surface area contributed by atoms with Gasteiger partial charge in [0.15, 0.2) is 0 Å². The lowest BCUT2D eigenvalue weighted by molar-refractivity contribution is -0.120. The fraction of sp³-hybridized carbons (Fsp3) is 0.300. The zero-order chi connectivity index (χ0) is 20.0. The second-order valence-corrected chi connectivity index (χ2v) is 6.53. The lowest BCUT2D eigenvalue weighted by Crippen LogP contribution is -2.35. The van der Waals surface area contributed by atoms with Gasteiger partial charge in [0, 0.05) is 11.4 Å². The van der Waals surface area contributed by atoms with Gasteiger partial charge in [0.2, 0.25) is 11.8 Å². The Kier molecular flexibility index (Phi) is 6.65. The van der Waals surface area contributed by atoms with Crippen LogP contribution in [-0.4, -0.2) is 29.9 Å². The third-order valence-electron chi connectivity index (χ3n) is 4.26. The maximum Gasteiger partial charge on any atom is 0.245 e. The van der Waals surface area contributed by atoms with Crippen LogP contribution in [0.2, 0.25) is 0 Å². The number of carbonyl (C=O) groups excluding carboxylic acids is 2. The van der Waals surface area contributed by atoms with Crippen molar-refractivity contribution < 1.29 is 9.59 Å². The van der Waals surface area contributed by atoms with Crippen LogP contribution in [-0.2, 0) is 9.59 Å². The highest BCUT2D eigenvalue weighted by atomic mass is 16.3. The average Bonchev–Trinajstić information content (AvgIpc) is 2.61. The molecule has 0 saturated heterocycles. The summed E-state index contributed by atoms with van der Waals surface area (Å²) in [5, 5.41) is 9.24. The van der Waals surface area contributed by atoms with Crippen LogP contribution >= 0.6 is 0 Å². The number of nitroso groups, excluding NO2 is 1. The van der Waals surface area contributed by atoms with Gasteiger partial charge in [-0.15, -0.1) is 4.91 Å². The molecule has 0 bridgehead atoms. The molecule has 142 valence electrons. The smallest absolute Gasteiger partial charge is 0.245 e. The van der Waals surface area contributed by atoms with Crippen molar-refractivity contribution in [1.29, 1.82) is 0 Å². The van der Waals surface area contributed by atoms with E-state index in [1.54, 1.807) is 0 Å². The third-order valence-corrected chi connectivity index (χ3v) is 4.26. The predicted molar refractivity (Wildman–Crippen MR) is 106 cm³/mol. The molecule has 27 heavy (non-hydrogen) atoms. The van der Waals surface area contributed by atoms with E-state index in [2.05, 4.69) is 15.9 Å². The summed E-state index contributed by atoms with van der Waals surface area (Å²) in [6.07, 6.45) is 0. The van der Waals surface area contributed by atoms with E-state index in [0.717, 1.165) is 27.3 Å². The standard InChI is InChI=1S/C20H24N4O3/c1-13-7-5-8-14(2)19(13)21-17(25)11-24(23-27)12-18(26)22-20-15(3)9-6-10-16(20)4/h5-10H,11-12H2,1-4H3,(H,21,25)(H,22,26). The minimum Gasteiger partial charge on any atom is -0.324 e. The number of benzene rings is 2. The summed E-state index contributed by atoms with van der Waals surface area (Å²) in [7, 11) is 0. The van der Waals surface area contributed by atoms with E-state index < -0.39 is 11.8 Å². The maximum atomic E-state index is 12.3. The fourth-order valence-corrected chi connectivity index (χ4v) is 2.83. The zero-order valence-corrected chi connectivity index (χ0v) is 16.0. The molecule has 0 aromatic heterocycles. The Labute approximate surface area is 158 Å². The average molecular weight is 368 g/mol. The number of hydrogen-bond acceptors (Lipinski definition) is 4. The lowest BCUT2D eigenvalue weighted by Gasteiger charge is -2.17. The summed E-state index contributed by atoms with van der Waals surface area (Å²) in [6, 6.07) is 11.3. The van der Waals surface area contributed by atoms with E-state index >= 15 is 0 Å². The molecule has 2 rings (SSSR count). The molecular formula is C20H24N4O3. The quantitative estimate of drug-likeness (QED) is 0.578. The molecule has 0 aliphatic heterocycles. The molecule has 7 nitrogen and oxygen atoms in total. The largest absolute Gasteiger partial charge is 0.324 e. The molecule has 0 heterocycles. The molecule has 7 heteroatoms. The summed E-state index contributed by atoms with van der Waals surface area (Å²) in [6.45, 7) is 6.92. The van der Waals surface area contributed by atoms with Crippen LogP contribution in [0.4, 0.5) is 11.4 Å². The summed E-state index contributed by atoms with van der Waals surface area (Å²) in [5.41, 5.74) is 5.08. The first-order valence-corrected chi connectivity index (χ1v) is 8.62. The monoisotopic (exact) mass is 368 g/mol. The molecule has 2 N–H and O–H groups in total. The molecule has 0 radical (unpaired) electrons. The molecule has 2 aromatic carbocycles. The van der Waals surface area contributed by atoms with Crippen LogP contribution in [0, 0.1) is 32.6 Å². The number of rotatable bonds is 7. The zero-order valence-electron chi connectivity index (χ0n) is 16.0. The normalized spacial score (nSPS) is 10.2. The summed E-state index contributed by atoms with van der Waals surface area (Å²) in [4.78, 5) is 35.6. The fourth-order valence-electron chi connectivity index (χ4n) is 2.83. The van der Waals surface area contributed by atoms with Gasteiger partial charge in [-0.25, -0.2) is 5.01 Å². The molecule has 2 amide bonds. The van der Waals surface area contributed by atoms with Gasteiger partial charge in [-0.3, -0.25) is 9.59 Å². The Balaban J connectivity index is 1.97. The van der Waals surface area contributed by atoms with Gasteiger partial charge in [0.05, 0.1) is 5.29 Å². The molecule has 0 spiro atoms. The second-order valence-electron chi connectivity index (χ2n) is 6.53. The first-order valence-electron chi connectivity index (χ1n) is 8.62. The summed E-state index contributed by atoms with van der Waals surface area (Å²) >= 11 is 0. The van der Waals surface area contributed by atoms with E-state index in [1.165, 1.54) is 0 Å². The number of nitrogens with one attached hydrogen (secondary N) is 2. The van der Waals surface area contributed by atoms with E-state index in [1.807, 2.05) is 64.1 Å². The van der Waals surface area contributed by atoms with Crippen molar-refractivity contribution in [2.75, 3.05) is 23.7 Å². The predicted octanol–water partition coefficient (Wildman–Crippen LogP) is 3.48. The Hall–Kier alpha value is -3.22. The maximum absolute atomic E-state index is 12.3. The lowest BCUT2D eigenvalue weighted by atomic mass is 10.1. The van der Waals surface area contributed by atoms with Crippen LogP contribution in [0.15, 0.2) is 41.7 Å². The number of aryl methyl sites for hydroxylation is 4. The highest BCUT2D eigenvalue weighted by Gasteiger charge is 2.16. The molecule has 0 atom stereocenters. The second kappa shape index (κ2) is 8.93. The van der Waals surface area contributed by atoms with Crippen molar-refractivity contribution in [3.8, 4) is 0 Å². The van der Waals surface area contributed by atoms with Crippen LogP contribution in [0.1, 0.15) is 22.3 Å². The Morgan fingerprint density at radius 3 is 1.41 bits per heavy atom. The minimum atomic E-state index is -0.410. The van der Waals surface area contributed by atoms with Crippen LogP contribution in [0.3, 0.4) is 0 Å². The van der Waals surface area contributed by atoms with Crippen LogP contribution in [0.25, 0.3) is 0 Å². The summed E-state index contributed by atoms with van der Waals surface area (Å²) < 4.78 is 0. The van der Waals surface area contributed by atoms with Gasteiger partial charge in [0.1, 0.15) is 13.1 Å². The van der Waals surface area contributed by atoms with Crippen molar-refractivity contribution in [2.45, 2.75) is 27.7 Å². The number of amides is 2. The van der Waals surface area contributed by atoms with Crippen molar-refractivity contribution in [3.63, 3.8) is 0 Å². The van der Waals surface area contributed by atoms with E-state index in [0.29, 0.717) is 11.4 Å². The Morgan fingerprint density at radius 2 is 1.11 bits per heavy atom. The van der Waals surface area contributed by atoms with Crippen molar-refractivity contribution in [3.05, 3.63) is 63.6 Å². The number of para-hydroxylation sites is 2. The number of carbonyl (C=O) groups is 2. The van der Waals surface area contributed by atoms with Crippen LogP contribution < -0.4 is 10.6 Å². The number of hydrogen-bond donors (Lipinski definition) is 2. The molecule has 2 aromatic rings. The molecular weight excluding hydrogens is 344 g/mol. The summed E-state index contributed by atoms with van der Waals surface area (Å²) in [5.74, 6) is -0.821. The van der Waals surface area contributed by atoms with Gasteiger partial charge in [0.25, 0.3) is 0 Å². The van der Waals surface area contributed by atoms with E-state index in [9.17, 15) is 14.5 Å². The topological polar surface area (TPSA) is 90.9 Å². The van der Waals surface area contributed by atoms with Gasteiger partial charge in [-0.05, 0) is 49.9 Å². The Morgan fingerprint density at radius 1 is 0.778 bits per heavy atom. The highest BCUT2D eigenvalue weighted by molar-refractivity contribution is 5.96. The molecule has 0 saturated carbocycles. The molecule has 0 aliphatic carbocycles. The van der Waals surface area contributed by atoms with Crippen molar-refractivity contribution >= 4 is 23.2 Å². The molecule has 0 fully saturated rings. The third kappa shape index (κ3) is 5.37. The van der Waals surface area contributed by atoms with Gasteiger partial charge in [-0.2, -0.15) is 0 Å².